The Hall–Kier alpha value is -2.11. The molecule has 2 saturated heterocycles. The molecule has 1 aromatic rings. The number of aromatic nitrogens is 1. The third-order valence-electron chi connectivity index (χ3n) is 5.88. The smallest absolute Gasteiger partial charge is 0.239 e. The van der Waals surface area contributed by atoms with Crippen LogP contribution in [0.15, 0.2) is 12.1 Å². The number of amides is 2. The number of anilines is 1. The third kappa shape index (κ3) is 3.69. The van der Waals surface area contributed by atoms with Gasteiger partial charge in [0.15, 0.2) is 0 Å². The van der Waals surface area contributed by atoms with Gasteiger partial charge in [-0.15, -0.1) is 0 Å². The Kier molecular flexibility index (Phi) is 4.59. The van der Waals surface area contributed by atoms with Gasteiger partial charge in [0.1, 0.15) is 0 Å². The van der Waals surface area contributed by atoms with Crippen molar-refractivity contribution in [2.24, 2.45) is 11.8 Å². The van der Waals surface area contributed by atoms with Gasteiger partial charge in [-0.1, -0.05) is 0 Å². The number of carbonyl (C=O) groups excluding carboxylic acids is 2. The van der Waals surface area contributed by atoms with E-state index < -0.39 is 0 Å². The largest absolute Gasteiger partial charge is 0.369 e. The van der Waals surface area contributed by atoms with Crippen LogP contribution in [0.4, 0.5) is 5.69 Å². The van der Waals surface area contributed by atoms with E-state index in [0.29, 0.717) is 18.9 Å². The van der Waals surface area contributed by atoms with Crippen molar-refractivity contribution in [3.8, 4) is 0 Å². The standard InChI is InChI=1S/C20H28N4O2/c1-13-8-16(9-14(2)21-13)24-10-17(15-5-6-15)18(11-24)22-19(25)12-23-7-3-4-20(23)26/h8-9,15,17-18H,3-7,10-12H2,1-2H3,(H,22,25)/t17-,18+/m1/s1. The summed E-state index contributed by atoms with van der Waals surface area (Å²) in [4.78, 5) is 32.8. The van der Waals surface area contributed by atoms with Crippen molar-refractivity contribution in [1.82, 2.24) is 15.2 Å². The van der Waals surface area contributed by atoms with Crippen molar-refractivity contribution in [1.29, 1.82) is 0 Å². The van der Waals surface area contributed by atoms with Gasteiger partial charge in [0.25, 0.3) is 0 Å². The maximum Gasteiger partial charge on any atom is 0.239 e. The fourth-order valence-corrected chi connectivity index (χ4v) is 4.49. The first kappa shape index (κ1) is 17.3. The van der Waals surface area contributed by atoms with E-state index in [-0.39, 0.29) is 24.4 Å². The van der Waals surface area contributed by atoms with Gasteiger partial charge in [-0.05, 0) is 51.2 Å². The van der Waals surface area contributed by atoms with E-state index >= 15 is 0 Å². The molecule has 0 aromatic carbocycles. The van der Waals surface area contributed by atoms with Crippen molar-refractivity contribution in [3.63, 3.8) is 0 Å². The van der Waals surface area contributed by atoms with Gasteiger partial charge >= 0.3 is 0 Å². The van der Waals surface area contributed by atoms with E-state index in [1.54, 1.807) is 4.90 Å². The topological polar surface area (TPSA) is 65.5 Å². The minimum atomic E-state index is -0.0140. The molecule has 2 amide bonds. The van der Waals surface area contributed by atoms with Crippen molar-refractivity contribution in [3.05, 3.63) is 23.5 Å². The molecule has 4 rings (SSSR count). The summed E-state index contributed by atoms with van der Waals surface area (Å²) in [6, 6.07) is 4.43. The van der Waals surface area contributed by atoms with E-state index in [0.717, 1.165) is 36.8 Å². The Morgan fingerprint density at radius 1 is 1.23 bits per heavy atom. The van der Waals surface area contributed by atoms with E-state index in [9.17, 15) is 9.59 Å². The molecule has 3 heterocycles. The number of nitrogens with zero attached hydrogens (tertiary/aromatic N) is 3. The van der Waals surface area contributed by atoms with Crippen LogP contribution in [0.3, 0.4) is 0 Å². The Bertz CT molecular complexity index is 696. The van der Waals surface area contributed by atoms with E-state index in [1.807, 2.05) is 13.8 Å². The van der Waals surface area contributed by atoms with Crippen LogP contribution in [-0.2, 0) is 9.59 Å². The molecule has 1 saturated carbocycles. The van der Waals surface area contributed by atoms with Gasteiger partial charge in [0.05, 0.1) is 12.6 Å². The van der Waals surface area contributed by atoms with Crippen LogP contribution < -0.4 is 10.2 Å². The Morgan fingerprint density at radius 2 is 1.96 bits per heavy atom. The first-order chi connectivity index (χ1) is 12.5. The van der Waals surface area contributed by atoms with Crippen LogP contribution >= 0.6 is 0 Å². The highest BCUT2D eigenvalue weighted by atomic mass is 16.2. The molecule has 0 bridgehead atoms. The molecule has 1 N–H and O–H groups in total. The highest BCUT2D eigenvalue weighted by molar-refractivity contribution is 5.86. The van der Waals surface area contributed by atoms with Gasteiger partial charge in [0.2, 0.25) is 11.8 Å². The van der Waals surface area contributed by atoms with Crippen molar-refractivity contribution in [2.75, 3.05) is 31.1 Å². The molecule has 1 aliphatic carbocycles. The molecule has 3 aliphatic rings. The maximum atomic E-state index is 12.5. The zero-order valence-corrected chi connectivity index (χ0v) is 15.7. The van der Waals surface area contributed by atoms with Crippen LogP contribution in [0.5, 0.6) is 0 Å². The SMILES string of the molecule is Cc1cc(N2C[C@H](NC(=O)CN3CCCC3=O)[C@@H](C3CC3)C2)cc(C)n1. The summed E-state index contributed by atoms with van der Waals surface area (Å²) in [5.41, 5.74) is 3.26. The summed E-state index contributed by atoms with van der Waals surface area (Å²) in [6.45, 7) is 6.80. The lowest BCUT2D eigenvalue weighted by Gasteiger charge is -2.22. The van der Waals surface area contributed by atoms with Gasteiger partial charge in [-0.3, -0.25) is 14.6 Å². The molecule has 1 aromatic heterocycles. The maximum absolute atomic E-state index is 12.5. The number of pyridine rings is 1. The molecule has 140 valence electrons. The minimum Gasteiger partial charge on any atom is -0.369 e. The number of carbonyl (C=O) groups is 2. The Labute approximate surface area is 155 Å². The van der Waals surface area contributed by atoms with Crippen molar-refractivity contribution < 1.29 is 9.59 Å². The van der Waals surface area contributed by atoms with Gasteiger partial charge in [0, 0.05) is 49.0 Å². The first-order valence-electron chi connectivity index (χ1n) is 9.77. The predicted molar refractivity (Wildman–Crippen MR) is 99.9 cm³/mol. The number of hydrogen-bond donors (Lipinski definition) is 1. The molecule has 0 radical (unpaired) electrons. The van der Waals surface area contributed by atoms with Crippen molar-refractivity contribution in [2.45, 2.75) is 45.6 Å². The summed E-state index contributed by atoms with van der Waals surface area (Å²) in [6.07, 6.45) is 3.98. The van der Waals surface area contributed by atoms with Crippen LogP contribution in [0.1, 0.15) is 37.1 Å². The lowest BCUT2D eigenvalue weighted by molar-refractivity contribution is -0.133. The summed E-state index contributed by atoms with van der Waals surface area (Å²) in [7, 11) is 0. The second-order valence-electron chi connectivity index (χ2n) is 8.11. The Morgan fingerprint density at radius 3 is 2.58 bits per heavy atom. The molecular weight excluding hydrogens is 328 g/mol. The number of nitrogens with one attached hydrogen (secondary N) is 1. The quantitative estimate of drug-likeness (QED) is 0.871. The first-order valence-corrected chi connectivity index (χ1v) is 9.77. The monoisotopic (exact) mass is 356 g/mol. The van der Waals surface area contributed by atoms with E-state index in [4.69, 9.17) is 0 Å². The molecular formula is C20H28N4O2. The summed E-state index contributed by atoms with van der Waals surface area (Å²) < 4.78 is 0. The molecule has 6 nitrogen and oxygen atoms in total. The summed E-state index contributed by atoms with van der Waals surface area (Å²) in [5.74, 6) is 1.32. The highest BCUT2D eigenvalue weighted by Crippen LogP contribution is 2.42. The van der Waals surface area contributed by atoms with Crippen LogP contribution in [-0.4, -0.2) is 53.9 Å². The molecule has 3 fully saturated rings. The average molecular weight is 356 g/mol. The summed E-state index contributed by atoms with van der Waals surface area (Å²) >= 11 is 0. The van der Waals surface area contributed by atoms with Crippen LogP contribution in [0.25, 0.3) is 0 Å². The van der Waals surface area contributed by atoms with E-state index in [1.165, 1.54) is 18.5 Å². The zero-order valence-electron chi connectivity index (χ0n) is 15.7. The number of hydrogen-bond acceptors (Lipinski definition) is 4. The second-order valence-corrected chi connectivity index (χ2v) is 8.11. The zero-order chi connectivity index (χ0) is 18.3. The molecule has 2 aliphatic heterocycles. The molecule has 6 heteroatoms. The number of aryl methyl sites for hydroxylation is 2. The van der Waals surface area contributed by atoms with Crippen LogP contribution in [0.2, 0.25) is 0 Å². The lowest BCUT2D eigenvalue weighted by Crippen LogP contribution is -2.46. The Balaban J connectivity index is 1.43. The molecule has 26 heavy (non-hydrogen) atoms. The van der Waals surface area contributed by atoms with Gasteiger partial charge in [-0.2, -0.15) is 0 Å². The van der Waals surface area contributed by atoms with Crippen LogP contribution in [0, 0.1) is 25.7 Å². The normalized spacial score (nSPS) is 25.8. The fraction of sp³-hybridized carbons (Fsp3) is 0.650. The molecule has 0 spiro atoms. The average Bonchev–Trinajstić information content (AvgIpc) is 3.22. The number of rotatable bonds is 5. The third-order valence-corrected chi connectivity index (χ3v) is 5.88. The lowest BCUT2D eigenvalue weighted by atomic mass is 9.98. The van der Waals surface area contributed by atoms with Gasteiger partial charge in [-0.25, -0.2) is 0 Å². The molecule has 0 unspecified atom stereocenters. The van der Waals surface area contributed by atoms with E-state index in [2.05, 4.69) is 27.3 Å². The summed E-state index contributed by atoms with van der Waals surface area (Å²) in [5, 5.41) is 3.24. The fourth-order valence-electron chi connectivity index (χ4n) is 4.49. The van der Waals surface area contributed by atoms with Gasteiger partial charge < -0.3 is 15.1 Å². The highest BCUT2D eigenvalue weighted by Gasteiger charge is 2.43. The minimum absolute atomic E-state index is 0.0140. The molecule has 2 atom stereocenters. The number of likely N-dealkylation sites (tertiary alicyclic amines) is 1. The second kappa shape index (κ2) is 6.89. The predicted octanol–water partition coefficient (Wildman–Crippen LogP) is 1.65. The van der Waals surface area contributed by atoms with Crippen molar-refractivity contribution >= 4 is 17.5 Å².